The Labute approximate surface area is 297 Å². The van der Waals surface area contributed by atoms with Crippen LogP contribution < -0.4 is 4.90 Å². The molecule has 0 aliphatic rings. The molecule has 0 bridgehead atoms. The first-order chi connectivity index (χ1) is 25.7. The lowest BCUT2D eigenvalue weighted by atomic mass is 10.0. The summed E-state index contributed by atoms with van der Waals surface area (Å²) in [4.78, 5) is 7.06. The van der Waals surface area contributed by atoms with Crippen LogP contribution in [0, 0.1) is 0 Å². The van der Waals surface area contributed by atoms with Crippen LogP contribution >= 0.6 is 0 Å². The standard InChI is InChI=1S/C47H28N2O3/c1-2-9-31-26-32(17-16-29(31)8-1)30-18-20-33(21-19-30)49(34-22-24-37-36-10-3-5-13-41(36)50-44(37)27-34)35-23-25-38-45(28-35)51-43-15-7-11-39(46(38)43)47-48-40-12-4-6-14-42(40)52-47/h1-28H. The second-order valence-corrected chi connectivity index (χ2v) is 13.2. The third kappa shape index (κ3) is 4.53. The van der Waals surface area contributed by atoms with E-state index in [-0.39, 0.29) is 0 Å². The highest BCUT2D eigenvalue weighted by atomic mass is 16.4. The molecule has 0 spiro atoms. The Hall–Kier alpha value is -7.11. The van der Waals surface area contributed by atoms with Gasteiger partial charge < -0.3 is 18.2 Å². The lowest BCUT2D eigenvalue weighted by molar-refractivity contribution is 0.620. The average Bonchev–Trinajstić information content (AvgIpc) is 3.91. The number of nitrogens with zero attached hydrogens (tertiary/aromatic N) is 2. The maximum absolute atomic E-state index is 6.56. The van der Waals surface area contributed by atoms with E-state index in [1.807, 2.05) is 60.7 Å². The van der Waals surface area contributed by atoms with Crippen LogP contribution in [-0.4, -0.2) is 4.98 Å². The summed E-state index contributed by atoms with van der Waals surface area (Å²) in [6.07, 6.45) is 0. The minimum atomic E-state index is 0.575. The van der Waals surface area contributed by atoms with Gasteiger partial charge in [0.25, 0.3) is 0 Å². The number of benzene rings is 8. The Bertz CT molecular complexity index is 3110. The summed E-state index contributed by atoms with van der Waals surface area (Å²) < 4.78 is 19.1. The molecule has 0 amide bonds. The van der Waals surface area contributed by atoms with E-state index >= 15 is 0 Å². The molecule has 0 saturated carbocycles. The van der Waals surface area contributed by atoms with Crippen LogP contribution in [0.2, 0.25) is 0 Å². The molecular formula is C47H28N2O3. The molecule has 0 saturated heterocycles. The van der Waals surface area contributed by atoms with Crippen molar-refractivity contribution in [3.05, 3.63) is 170 Å². The van der Waals surface area contributed by atoms with Gasteiger partial charge >= 0.3 is 0 Å². The van der Waals surface area contributed by atoms with E-state index in [0.717, 1.165) is 83.2 Å². The first-order valence-corrected chi connectivity index (χ1v) is 17.4. The van der Waals surface area contributed by atoms with Gasteiger partial charge in [0.1, 0.15) is 27.8 Å². The lowest BCUT2D eigenvalue weighted by Crippen LogP contribution is -2.09. The van der Waals surface area contributed by atoms with Gasteiger partial charge in [-0.3, -0.25) is 0 Å². The zero-order valence-corrected chi connectivity index (χ0v) is 27.8. The van der Waals surface area contributed by atoms with Gasteiger partial charge in [0.2, 0.25) is 5.89 Å². The maximum Gasteiger partial charge on any atom is 0.228 e. The minimum absolute atomic E-state index is 0.575. The van der Waals surface area contributed by atoms with Crippen molar-refractivity contribution in [1.29, 1.82) is 0 Å². The number of aromatic nitrogens is 1. The largest absolute Gasteiger partial charge is 0.456 e. The molecule has 5 nitrogen and oxygen atoms in total. The van der Waals surface area contributed by atoms with Crippen molar-refractivity contribution in [3.8, 4) is 22.6 Å². The van der Waals surface area contributed by atoms with E-state index in [1.54, 1.807) is 0 Å². The summed E-state index contributed by atoms with van der Waals surface area (Å²) in [6.45, 7) is 0. The van der Waals surface area contributed by atoms with E-state index in [1.165, 1.54) is 16.3 Å². The number of anilines is 3. The van der Waals surface area contributed by atoms with Gasteiger partial charge in [-0.05, 0) is 94.7 Å². The summed E-state index contributed by atoms with van der Waals surface area (Å²) in [5.41, 5.74) is 11.0. The zero-order chi connectivity index (χ0) is 34.2. The number of hydrogen-bond acceptors (Lipinski definition) is 5. The van der Waals surface area contributed by atoms with Crippen LogP contribution in [-0.2, 0) is 0 Å². The van der Waals surface area contributed by atoms with E-state index in [9.17, 15) is 0 Å². The lowest BCUT2D eigenvalue weighted by Gasteiger charge is -2.25. The Morgan fingerprint density at radius 3 is 1.87 bits per heavy atom. The summed E-state index contributed by atoms with van der Waals surface area (Å²) >= 11 is 0. The van der Waals surface area contributed by atoms with E-state index < -0.39 is 0 Å². The highest BCUT2D eigenvalue weighted by Crippen LogP contribution is 2.43. The molecule has 0 N–H and O–H groups in total. The molecule has 11 aromatic rings. The predicted octanol–water partition coefficient (Wildman–Crippen LogP) is 13.6. The van der Waals surface area contributed by atoms with Crippen molar-refractivity contribution in [1.82, 2.24) is 4.98 Å². The van der Waals surface area contributed by atoms with Crippen LogP contribution in [0.15, 0.2) is 183 Å². The average molecular weight is 669 g/mol. The van der Waals surface area contributed by atoms with E-state index in [4.69, 9.17) is 18.2 Å². The fraction of sp³-hybridized carbons (Fsp3) is 0. The number of hydrogen-bond donors (Lipinski definition) is 0. The van der Waals surface area contributed by atoms with Crippen molar-refractivity contribution in [2.75, 3.05) is 4.90 Å². The normalized spacial score (nSPS) is 11.8. The van der Waals surface area contributed by atoms with E-state index in [0.29, 0.717) is 5.89 Å². The molecule has 0 unspecified atom stereocenters. The molecule has 11 rings (SSSR count). The van der Waals surface area contributed by atoms with Crippen LogP contribution in [0.1, 0.15) is 0 Å². The third-order valence-electron chi connectivity index (χ3n) is 10.1. The quantitative estimate of drug-likeness (QED) is 0.183. The van der Waals surface area contributed by atoms with Crippen LogP contribution in [0.3, 0.4) is 0 Å². The number of rotatable bonds is 5. The molecule has 0 radical (unpaired) electrons. The zero-order valence-electron chi connectivity index (χ0n) is 27.8. The molecule has 8 aromatic carbocycles. The molecule has 52 heavy (non-hydrogen) atoms. The molecule has 0 fully saturated rings. The van der Waals surface area contributed by atoms with Gasteiger partial charge in [-0.2, -0.15) is 0 Å². The first kappa shape index (κ1) is 28.7. The van der Waals surface area contributed by atoms with Crippen molar-refractivity contribution < 1.29 is 13.3 Å². The number of furan rings is 2. The van der Waals surface area contributed by atoms with Crippen LogP contribution in [0.5, 0.6) is 0 Å². The number of para-hydroxylation sites is 3. The summed E-state index contributed by atoms with van der Waals surface area (Å²) in [5.74, 6) is 0.575. The summed E-state index contributed by atoms with van der Waals surface area (Å²) in [5, 5.41) is 6.63. The van der Waals surface area contributed by atoms with Crippen LogP contribution in [0.4, 0.5) is 17.1 Å². The second kappa shape index (κ2) is 11.2. The predicted molar refractivity (Wildman–Crippen MR) is 212 cm³/mol. The Morgan fingerprint density at radius 2 is 1.02 bits per heavy atom. The van der Waals surface area contributed by atoms with Gasteiger partial charge in [-0.1, -0.05) is 84.9 Å². The molecule has 5 heteroatoms. The monoisotopic (exact) mass is 668 g/mol. The van der Waals surface area contributed by atoms with Gasteiger partial charge in [0.15, 0.2) is 5.58 Å². The SMILES string of the molecule is c1ccc2cc(-c3ccc(N(c4ccc5c(c4)oc4ccccc45)c4ccc5c(c4)oc4cccc(-c6nc7ccccc7o6)c45)cc3)ccc2c1. The van der Waals surface area contributed by atoms with Crippen molar-refractivity contribution >= 4 is 82.8 Å². The minimum Gasteiger partial charge on any atom is -0.456 e. The molecule has 0 aliphatic carbocycles. The molecule has 244 valence electrons. The first-order valence-electron chi connectivity index (χ1n) is 17.4. The topological polar surface area (TPSA) is 55.6 Å². The smallest absolute Gasteiger partial charge is 0.228 e. The summed E-state index contributed by atoms with van der Waals surface area (Å²) in [7, 11) is 0. The highest BCUT2D eigenvalue weighted by molar-refractivity contribution is 6.13. The van der Waals surface area contributed by atoms with Gasteiger partial charge in [0, 0.05) is 56.3 Å². The second-order valence-electron chi connectivity index (χ2n) is 13.2. The highest BCUT2D eigenvalue weighted by Gasteiger charge is 2.20. The molecule has 3 heterocycles. The summed E-state index contributed by atoms with van der Waals surface area (Å²) in [6, 6.07) is 58.7. The van der Waals surface area contributed by atoms with Gasteiger partial charge in [-0.25, -0.2) is 4.98 Å². The number of oxazole rings is 1. The van der Waals surface area contributed by atoms with Crippen LogP contribution in [0.25, 0.3) is 88.3 Å². The molecular weight excluding hydrogens is 641 g/mol. The van der Waals surface area contributed by atoms with Crippen molar-refractivity contribution in [2.24, 2.45) is 0 Å². The van der Waals surface area contributed by atoms with Gasteiger partial charge in [0.05, 0.1) is 0 Å². The van der Waals surface area contributed by atoms with Crippen molar-refractivity contribution in [2.45, 2.75) is 0 Å². The molecule has 0 atom stereocenters. The van der Waals surface area contributed by atoms with Gasteiger partial charge in [-0.15, -0.1) is 0 Å². The molecule has 3 aromatic heterocycles. The van der Waals surface area contributed by atoms with Crippen molar-refractivity contribution in [3.63, 3.8) is 0 Å². The fourth-order valence-electron chi connectivity index (χ4n) is 7.59. The Kier molecular flexibility index (Phi) is 6.18. The maximum atomic E-state index is 6.56. The fourth-order valence-corrected chi connectivity index (χ4v) is 7.59. The number of fused-ring (bicyclic) bond motifs is 8. The third-order valence-corrected chi connectivity index (χ3v) is 10.1. The Balaban J connectivity index is 1.06. The Morgan fingerprint density at radius 1 is 0.385 bits per heavy atom. The van der Waals surface area contributed by atoms with E-state index in [2.05, 4.69) is 114 Å². The molecule has 0 aliphatic heterocycles.